The molecular formula is C20H22N4O3. The first kappa shape index (κ1) is 17.3. The third-order valence-electron chi connectivity index (χ3n) is 4.98. The number of rotatable bonds is 5. The summed E-state index contributed by atoms with van der Waals surface area (Å²) in [7, 11) is 0. The highest BCUT2D eigenvalue weighted by atomic mass is 16.5. The first-order valence-corrected chi connectivity index (χ1v) is 9.18. The first-order valence-electron chi connectivity index (χ1n) is 9.18. The fourth-order valence-electron chi connectivity index (χ4n) is 3.25. The topological polar surface area (TPSA) is 78.7 Å². The van der Waals surface area contributed by atoms with Crippen LogP contribution >= 0.6 is 0 Å². The van der Waals surface area contributed by atoms with Crippen LogP contribution in [0.4, 0.5) is 11.4 Å². The molecule has 2 aliphatic rings. The van der Waals surface area contributed by atoms with E-state index in [1.54, 1.807) is 11.0 Å². The number of benzene rings is 1. The normalized spacial score (nSPS) is 16.9. The summed E-state index contributed by atoms with van der Waals surface area (Å²) in [5, 5.41) is 6.76. The van der Waals surface area contributed by atoms with Crippen molar-refractivity contribution in [2.75, 3.05) is 36.4 Å². The van der Waals surface area contributed by atoms with E-state index < -0.39 is 0 Å². The number of aromatic nitrogens is 1. The fraction of sp³-hybridized carbons (Fsp3) is 0.350. The van der Waals surface area contributed by atoms with Crippen molar-refractivity contribution in [1.82, 2.24) is 10.1 Å². The van der Waals surface area contributed by atoms with Crippen molar-refractivity contribution in [3.8, 4) is 0 Å². The second-order valence-electron chi connectivity index (χ2n) is 6.91. The molecule has 7 nitrogen and oxygen atoms in total. The molecule has 1 aliphatic heterocycles. The van der Waals surface area contributed by atoms with E-state index in [0.29, 0.717) is 30.4 Å². The Bertz CT molecular complexity index is 864. The lowest BCUT2D eigenvalue weighted by atomic mass is 10.2. The lowest BCUT2D eigenvalue weighted by molar-refractivity contribution is -0.126. The van der Waals surface area contributed by atoms with Crippen LogP contribution in [0.25, 0.3) is 0 Å². The summed E-state index contributed by atoms with van der Waals surface area (Å²) in [4.78, 5) is 28.1. The predicted molar refractivity (Wildman–Crippen MR) is 102 cm³/mol. The minimum Gasteiger partial charge on any atom is -0.368 e. The summed E-state index contributed by atoms with van der Waals surface area (Å²) < 4.78 is 5.25. The molecule has 4 rings (SSSR count). The molecule has 1 aromatic carbocycles. The summed E-state index contributed by atoms with van der Waals surface area (Å²) in [5.41, 5.74) is 2.02. The highest BCUT2D eigenvalue weighted by Crippen LogP contribution is 2.40. The van der Waals surface area contributed by atoms with Gasteiger partial charge in [0.05, 0.1) is 0 Å². The van der Waals surface area contributed by atoms with Crippen LogP contribution in [0.5, 0.6) is 0 Å². The SMILES string of the molecule is C=CC(=O)N1CCN(c2cccc(NC(=O)c3cc(C4CC4)on3)c2)CC1. The van der Waals surface area contributed by atoms with Gasteiger partial charge in [-0.15, -0.1) is 0 Å². The first-order chi connectivity index (χ1) is 13.1. The zero-order valence-electron chi connectivity index (χ0n) is 15.1. The molecule has 0 spiro atoms. The molecule has 1 saturated heterocycles. The molecule has 1 N–H and O–H groups in total. The largest absolute Gasteiger partial charge is 0.368 e. The van der Waals surface area contributed by atoms with Crippen molar-refractivity contribution in [1.29, 1.82) is 0 Å². The minimum atomic E-state index is -0.274. The third kappa shape index (κ3) is 3.86. The average molecular weight is 366 g/mol. The van der Waals surface area contributed by atoms with Crippen LogP contribution in [0.3, 0.4) is 0 Å². The van der Waals surface area contributed by atoms with Crippen LogP contribution in [-0.2, 0) is 4.79 Å². The second kappa shape index (κ2) is 7.26. The van der Waals surface area contributed by atoms with Crippen molar-refractivity contribution in [3.05, 3.63) is 54.4 Å². The van der Waals surface area contributed by atoms with Crippen LogP contribution < -0.4 is 10.2 Å². The Balaban J connectivity index is 1.39. The summed E-state index contributed by atoms with van der Waals surface area (Å²) in [5.74, 6) is 0.910. The summed E-state index contributed by atoms with van der Waals surface area (Å²) in [6.07, 6.45) is 3.55. The van der Waals surface area contributed by atoms with Crippen molar-refractivity contribution in [2.45, 2.75) is 18.8 Å². The highest BCUT2D eigenvalue weighted by Gasteiger charge is 2.29. The average Bonchev–Trinajstić information content (AvgIpc) is 3.44. The Morgan fingerprint density at radius 3 is 2.67 bits per heavy atom. The molecule has 0 bridgehead atoms. The van der Waals surface area contributed by atoms with Crippen molar-refractivity contribution in [2.24, 2.45) is 0 Å². The van der Waals surface area contributed by atoms with E-state index in [1.807, 2.05) is 24.3 Å². The van der Waals surface area contributed by atoms with Crippen LogP contribution in [0.15, 0.2) is 47.5 Å². The minimum absolute atomic E-state index is 0.0335. The van der Waals surface area contributed by atoms with E-state index in [4.69, 9.17) is 4.52 Å². The number of hydrogen-bond acceptors (Lipinski definition) is 5. The Hall–Kier alpha value is -3.09. The molecule has 7 heteroatoms. The Labute approximate surface area is 157 Å². The summed E-state index contributed by atoms with van der Waals surface area (Å²) >= 11 is 0. The zero-order valence-corrected chi connectivity index (χ0v) is 15.1. The molecule has 1 aliphatic carbocycles. The summed E-state index contributed by atoms with van der Waals surface area (Å²) in [6.45, 7) is 6.33. The van der Waals surface area contributed by atoms with E-state index in [1.165, 1.54) is 6.08 Å². The highest BCUT2D eigenvalue weighted by molar-refractivity contribution is 6.03. The lowest BCUT2D eigenvalue weighted by Gasteiger charge is -2.35. The molecule has 2 aromatic rings. The molecular weight excluding hydrogens is 344 g/mol. The maximum atomic E-state index is 12.4. The Kier molecular flexibility index (Phi) is 4.66. The van der Waals surface area contributed by atoms with Gasteiger partial charge in [-0.2, -0.15) is 0 Å². The van der Waals surface area contributed by atoms with E-state index in [-0.39, 0.29) is 11.8 Å². The van der Waals surface area contributed by atoms with E-state index in [9.17, 15) is 9.59 Å². The smallest absolute Gasteiger partial charge is 0.277 e. The van der Waals surface area contributed by atoms with Gasteiger partial charge < -0.3 is 19.6 Å². The Morgan fingerprint density at radius 2 is 1.96 bits per heavy atom. The van der Waals surface area contributed by atoms with Gasteiger partial charge in [-0.3, -0.25) is 9.59 Å². The van der Waals surface area contributed by atoms with Gasteiger partial charge >= 0.3 is 0 Å². The standard InChI is InChI=1S/C20H22N4O3/c1-2-19(25)24-10-8-23(9-11-24)16-5-3-4-15(12-16)21-20(26)17-13-18(27-22-17)14-6-7-14/h2-5,12-14H,1,6-11H2,(H,21,26). The van der Waals surface area contributed by atoms with Gasteiger partial charge in [0.2, 0.25) is 5.91 Å². The molecule has 2 amide bonds. The molecule has 1 aromatic heterocycles. The van der Waals surface area contributed by atoms with Crippen LogP contribution in [0.1, 0.15) is 35.0 Å². The molecule has 27 heavy (non-hydrogen) atoms. The van der Waals surface area contributed by atoms with Crippen LogP contribution in [0.2, 0.25) is 0 Å². The summed E-state index contributed by atoms with van der Waals surface area (Å²) in [6, 6.07) is 9.42. The van der Waals surface area contributed by atoms with Gasteiger partial charge in [-0.25, -0.2) is 0 Å². The van der Waals surface area contributed by atoms with Crippen LogP contribution in [-0.4, -0.2) is 48.0 Å². The second-order valence-corrected chi connectivity index (χ2v) is 6.91. The van der Waals surface area contributed by atoms with Gasteiger partial charge in [0.1, 0.15) is 5.76 Å². The lowest BCUT2D eigenvalue weighted by Crippen LogP contribution is -2.48. The molecule has 0 radical (unpaired) electrons. The maximum absolute atomic E-state index is 12.4. The van der Waals surface area contributed by atoms with Gasteiger partial charge in [0, 0.05) is 49.5 Å². The number of amides is 2. The fourth-order valence-corrected chi connectivity index (χ4v) is 3.25. The van der Waals surface area contributed by atoms with Crippen molar-refractivity contribution >= 4 is 23.2 Å². The third-order valence-corrected chi connectivity index (χ3v) is 4.98. The number of nitrogens with zero attached hydrogens (tertiary/aromatic N) is 3. The molecule has 0 atom stereocenters. The predicted octanol–water partition coefficient (Wildman–Crippen LogP) is 2.64. The van der Waals surface area contributed by atoms with E-state index in [0.717, 1.165) is 37.4 Å². The number of carbonyl (C=O) groups excluding carboxylic acids is 2. The maximum Gasteiger partial charge on any atom is 0.277 e. The molecule has 2 heterocycles. The molecule has 1 saturated carbocycles. The van der Waals surface area contributed by atoms with Crippen LogP contribution in [0, 0.1) is 0 Å². The van der Waals surface area contributed by atoms with E-state index >= 15 is 0 Å². The number of hydrogen-bond donors (Lipinski definition) is 1. The van der Waals surface area contributed by atoms with Gasteiger partial charge in [-0.1, -0.05) is 17.8 Å². The Morgan fingerprint density at radius 1 is 1.19 bits per heavy atom. The molecule has 2 fully saturated rings. The number of carbonyl (C=O) groups is 2. The molecule has 0 unspecified atom stereocenters. The van der Waals surface area contributed by atoms with Crippen molar-refractivity contribution < 1.29 is 14.1 Å². The number of anilines is 2. The quantitative estimate of drug-likeness (QED) is 0.823. The monoisotopic (exact) mass is 366 g/mol. The van der Waals surface area contributed by atoms with Gasteiger partial charge in [-0.05, 0) is 37.1 Å². The number of nitrogens with one attached hydrogen (secondary N) is 1. The van der Waals surface area contributed by atoms with E-state index in [2.05, 4.69) is 22.0 Å². The molecule has 140 valence electrons. The van der Waals surface area contributed by atoms with Gasteiger partial charge in [0.25, 0.3) is 5.91 Å². The number of piperazine rings is 1. The van der Waals surface area contributed by atoms with Crippen molar-refractivity contribution in [3.63, 3.8) is 0 Å². The van der Waals surface area contributed by atoms with Gasteiger partial charge in [0.15, 0.2) is 5.69 Å². The zero-order chi connectivity index (χ0) is 18.8.